The average Bonchev–Trinajstić information content (AvgIpc) is 1.68. The van der Waals surface area contributed by atoms with Gasteiger partial charge in [-0.25, -0.2) is 0 Å². The van der Waals surface area contributed by atoms with E-state index in [-0.39, 0.29) is 10.5 Å². The van der Waals surface area contributed by atoms with Crippen molar-refractivity contribution in [1.29, 1.82) is 5.26 Å². The molecule has 0 rings (SSSR count). The lowest BCUT2D eigenvalue weighted by Crippen LogP contribution is -2.03. The highest BCUT2D eigenvalue weighted by atomic mass is 32.2. The Balaban J connectivity index is 3.23. The Bertz CT molecular complexity index is 114. The van der Waals surface area contributed by atoms with Crippen molar-refractivity contribution in [2.75, 3.05) is 18.1 Å². The summed E-state index contributed by atoms with van der Waals surface area (Å²) in [5.74, 6) is 5.18. The summed E-state index contributed by atoms with van der Waals surface area (Å²) in [6, 6.07) is 2.05. The zero-order chi connectivity index (χ0) is 6.41. The Morgan fingerprint density at radius 3 is 2.75 bits per heavy atom. The highest BCUT2D eigenvalue weighted by molar-refractivity contribution is 8.14. The molecular formula is C5H10N2S. The highest BCUT2D eigenvalue weighted by Gasteiger charge is 1.85. The first-order valence-corrected chi connectivity index (χ1v) is 4.08. The first kappa shape index (κ1) is 7.67. The minimum absolute atomic E-state index is 0.00617. The highest BCUT2D eigenvalue weighted by Crippen LogP contribution is 2.04. The number of rotatable bonds is 3. The molecule has 0 fully saturated rings. The molecule has 0 aromatic heterocycles. The van der Waals surface area contributed by atoms with E-state index < -0.39 is 0 Å². The van der Waals surface area contributed by atoms with Gasteiger partial charge >= 0.3 is 0 Å². The Morgan fingerprint density at radius 1 is 1.75 bits per heavy atom. The third-order valence-corrected chi connectivity index (χ3v) is 2.03. The van der Waals surface area contributed by atoms with E-state index in [1.807, 2.05) is 6.07 Å². The van der Waals surface area contributed by atoms with E-state index in [0.29, 0.717) is 12.3 Å². The molecule has 0 spiro atoms. The molecule has 2 N–H and O–H groups in total. The van der Waals surface area contributed by atoms with Crippen LogP contribution in [0.1, 0.15) is 0 Å². The van der Waals surface area contributed by atoms with Crippen LogP contribution >= 0.6 is 10.5 Å². The zero-order valence-electron chi connectivity index (χ0n) is 4.76. The van der Waals surface area contributed by atoms with E-state index in [4.69, 9.17) is 11.0 Å². The summed E-state index contributed by atoms with van der Waals surface area (Å²) in [7, 11) is -0.00617. The molecule has 0 aliphatic rings. The molecule has 8 heavy (non-hydrogen) atoms. The number of nitrogens with two attached hydrogens (primary N) is 1. The standard InChI is InChI=1S/C5H10N2S/c1-8(4-2-6)5-3-7/h1-2,4-6H2. The minimum Gasteiger partial charge on any atom is -0.330 e. The lowest BCUT2D eigenvalue weighted by Gasteiger charge is -1.95. The van der Waals surface area contributed by atoms with E-state index in [1.54, 1.807) is 0 Å². The van der Waals surface area contributed by atoms with Crippen LogP contribution in [0.3, 0.4) is 0 Å². The van der Waals surface area contributed by atoms with Crippen LogP contribution in [0.2, 0.25) is 0 Å². The van der Waals surface area contributed by atoms with Crippen LogP contribution in [0, 0.1) is 11.3 Å². The maximum atomic E-state index is 8.14. The van der Waals surface area contributed by atoms with Crippen LogP contribution < -0.4 is 5.73 Å². The Morgan fingerprint density at radius 2 is 2.38 bits per heavy atom. The predicted molar refractivity (Wildman–Crippen MR) is 39.1 cm³/mol. The molecule has 0 heterocycles. The second kappa shape index (κ2) is 4.82. The van der Waals surface area contributed by atoms with E-state index in [1.165, 1.54) is 0 Å². The van der Waals surface area contributed by atoms with Gasteiger partial charge in [-0.2, -0.15) is 15.7 Å². The first-order chi connectivity index (χ1) is 3.81. The van der Waals surface area contributed by atoms with Gasteiger partial charge in [0.25, 0.3) is 0 Å². The van der Waals surface area contributed by atoms with Gasteiger partial charge in [-0.3, -0.25) is 0 Å². The molecule has 1 atom stereocenters. The van der Waals surface area contributed by atoms with Crippen molar-refractivity contribution in [2.45, 2.75) is 0 Å². The fraction of sp³-hybridized carbons (Fsp3) is 0.600. The molecule has 0 saturated heterocycles. The third kappa shape index (κ3) is 3.85. The Hall–Kier alpha value is -0.330. The molecule has 0 aromatic carbocycles. The van der Waals surface area contributed by atoms with Crippen LogP contribution in [-0.4, -0.2) is 23.9 Å². The molecule has 0 saturated carbocycles. The van der Waals surface area contributed by atoms with Gasteiger partial charge in [0.1, 0.15) is 0 Å². The average molecular weight is 130 g/mol. The van der Waals surface area contributed by atoms with E-state index in [0.717, 1.165) is 5.75 Å². The van der Waals surface area contributed by atoms with Gasteiger partial charge in [0, 0.05) is 12.3 Å². The quantitative estimate of drug-likeness (QED) is 0.554. The predicted octanol–water partition coefficient (Wildman–Crippen LogP) is 0.170. The summed E-state index contributed by atoms with van der Waals surface area (Å²) in [5.41, 5.74) is 5.22. The summed E-state index contributed by atoms with van der Waals surface area (Å²) < 4.78 is 0. The molecule has 3 heteroatoms. The SMILES string of the molecule is C=S(CC#N)CCN. The van der Waals surface area contributed by atoms with Crippen molar-refractivity contribution >= 4 is 16.4 Å². The fourth-order valence-corrected chi connectivity index (χ4v) is 0.990. The molecule has 0 amide bonds. The molecule has 0 radical (unpaired) electrons. The summed E-state index contributed by atoms with van der Waals surface area (Å²) in [4.78, 5) is 0. The number of nitrogens with zero attached hydrogens (tertiary/aromatic N) is 1. The van der Waals surface area contributed by atoms with Gasteiger partial charge < -0.3 is 5.73 Å². The maximum Gasteiger partial charge on any atom is 0.0753 e. The zero-order valence-corrected chi connectivity index (χ0v) is 5.58. The molecule has 2 nitrogen and oxygen atoms in total. The molecule has 0 bridgehead atoms. The molecule has 46 valence electrons. The van der Waals surface area contributed by atoms with Gasteiger partial charge in [-0.15, -0.1) is 0 Å². The van der Waals surface area contributed by atoms with Crippen LogP contribution in [0.25, 0.3) is 0 Å². The van der Waals surface area contributed by atoms with Crippen molar-refractivity contribution in [3.63, 3.8) is 0 Å². The minimum atomic E-state index is -0.00617. The molecule has 1 unspecified atom stereocenters. The monoisotopic (exact) mass is 130 g/mol. The van der Waals surface area contributed by atoms with Crippen LogP contribution in [0.5, 0.6) is 0 Å². The Kier molecular flexibility index (Phi) is 4.62. The van der Waals surface area contributed by atoms with Crippen molar-refractivity contribution < 1.29 is 0 Å². The van der Waals surface area contributed by atoms with Gasteiger partial charge in [-0.1, -0.05) is 5.87 Å². The van der Waals surface area contributed by atoms with Crippen molar-refractivity contribution in [3.05, 3.63) is 0 Å². The Labute approximate surface area is 52.2 Å². The summed E-state index contributed by atoms with van der Waals surface area (Å²) in [6.07, 6.45) is 0. The van der Waals surface area contributed by atoms with Crippen LogP contribution in [0.4, 0.5) is 0 Å². The second-order valence-electron chi connectivity index (χ2n) is 1.41. The van der Waals surface area contributed by atoms with Crippen molar-refractivity contribution in [2.24, 2.45) is 5.73 Å². The van der Waals surface area contributed by atoms with Gasteiger partial charge in [-0.05, 0) is 0 Å². The smallest absolute Gasteiger partial charge is 0.0753 e. The summed E-state index contributed by atoms with van der Waals surface area (Å²) in [5, 5.41) is 8.14. The number of nitriles is 1. The fourth-order valence-electron chi connectivity index (χ4n) is 0.330. The number of hydrogen-bond acceptors (Lipinski definition) is 2. The normalized spacial score (nSPS) is 12.5. The second-order valence-corrected chi connectivity index (χ2v) is 3.33. The van der Waals surface area contributed by atoms with E-state index >= 15 is 0 Å². The van der Waals surface area contributed by atoms with Gasteiger partial charge in [0.15, 0.2) is 0 Å². The lowest BCUT2D eigenvalue weighted by atomic mass is 10.8. The molecule has 0 aliphatic heterocycles. The van der Waals surface area contributed by atoms with Crippen LogP contribution in [0.15, 0.2) is 0 Å². The largest absolute Gasteiger partial charge is 0.330 e. The molecule has 0 aromatic rings. The first-order valence-electron chi connectivity index (χ1n) is 2.35. The topological polar surface area (TPSA) is 49.8 Å². The maximum absolute atomic E-state index is 8.14. The third-order valence-electron chi connectivity index (χ3n) is 0.675. The van der Waals surface area contributed by atoms with E-state index in [9.17, 15) is 0 Å². The van der Waals surface area contributed by atoms with Crippen molar-refractivity contribution in [1.82, 2.24) is 0 Å². The van der Waals surface area contributed by atoms with Gasteiger partial charge in [0.05, 0.1) is 11.8 Å². The lowest BCUT2D eigenvalue weighted by molar-refractivity contribution is 1.15. The van der Waals surface area contributed by atoms with Gasteiger partial charge in [0.2, 0.25) is 0 Å². The van der Waals surface area contributed by atoms with Crippen LogP contribution in [-0.2, 0) is 0 Å². The summed E-state index contributed by atoms with van der Waals surface area (Å²) in [6.45, 7) is 0.647. The summed E-state index contributed by atoms with van der Waals surface area (Å²) >= 11 is 0. The molecule has 0 aliphatic carbocycles. The van der Waals surface area contributed by atoms with E-state index in [2.05, 4.69) is 5.87 Å². The molecular weight excluding hydrogens is 120 g/mol. The van der Waals surface area contributed by atoms with Crippen molar-refractivity contribution in [3.8, 4) is 6.07 Å². The number of hydrogen-bond donors (Lipinski definition) is 1.